The van der Waals surface area contributed by atoms with Crippen LogP contribution in [0.1, 0.15) is 42.4 Å². The number of likely N-dealkylation sites (tertiary alicyclic amines) is 1. The Hall–Kier alpha value is -2.22. The van der Waals surface area contributed by atoms with Gasteiger partial charge < -0.3 is 14.4 Å². The lowest BCUT2D eigenvalue weighted by Gasteiger charge is -2.46. The van der Waals surface area contributed by atoms with Gasteiger partial charge in [-0.25, -0.2) is 0 Å². The number of carbonyl (C=O) groups excluding carboxylic acids is 1. The van der Waals surface area contributed by atoms with E-state index in [0.717, 1.165) is 51.0 Å². The molecular formula is C25H36N4O3. The lowest BCUT2D eigenvalue weighted by Crippen LogP contribution is -2.50. The van der Waals surface area contributed by atoms with Crippen LogP contribution in [0.3, 0.4) is 0 Å². The van der Waals surface area contributed by atoms with Crippen LogP contribution in [0.25, 0.3) is 11.3 Å². The molecule has 1 aromatic heterocycles. The average Bonchev–Trinajstić information content (AvgIpc) is 3.24. The Bertz CT molecular complexity index is 931. The van der Waals surface area contributed by atoms with Crippen LogP contribution >= 0.6 is 0 Å². The van der Waals surface area contributed by atoms with Crippen molar-refractivity contribution in [3.63, 3.8) is 0 Å². The molecule has 0 saturated carbocycles. The molecule has 0 bridgehead atoms. The van der Waals surface area contributed by atoms with E-state index >= 15 is 0 Å². The normalized spacial score (nSPS) is 21.1. The summed E-state index contributed by atoms with van der Waals surface area (Å²) in [6, 6.07) is 6.57. The number of carbonyl (C=O) groups is 1. The minimum absolute atomic E-state index is 0.0139. The fraction of sp³-hybridized carbons (Fsp3) is 0.600. The molecule has 1 atom stereocenters. The highest BCUT2D eigenvalue weighted by atomic mass is 16.5. The molecule has 7 nitrogen and oxygen atoms in total. The second kappa shape index (κ2) is 9.73. The van der Waals surface area contributed by atoms with E-state index in [4.69, 9.17) is 9.47 Å². The first-order valence-corrected chi connectivity index (χ1v) is 11.6. The minimum atomic E-state index is -0.117. The van der Waals surface area contributed by atoms with E-state index < -0.39 is 0 Å². The number of ether oxygens (including phenoxy) is 2. The molecule has 174 valence electrons. The van der Waals surface area contributed by atoms with Crippen molar-refractivity contribution < 1.29 is 14.3 Å². The molecule has 2 aliphatic heterocycles. The fourth-order valence-electron chi connectivity index (χ4n) is 4.73. The van der Waals surface area contributed by atoms with Gasteiger partial charge in [0.15, 0.2) is 0 Å². The molecule has 4 rings (SSSR count). The van der Waals surface area contributed by atoms with Crippen molar-refractivity contribution in [2.24, 2.45) is 0 Å². The number of hydrogen-bond donors (Lipinski definition) is 1. The third kappa shape index (κ3) is 5.22. The first-order valence-electron chi connectivity index (χ1n) is 11.6. The van der Waals surface area contributed by atoms with E-state index in [9.17, 15) is 4.79 Å². The third-order valence-corrected chi connectivity index (χ3v) is 7.06. The van der Waals surface area contributed by atoms with Crippen molar-refractivity contribution in [2.75, 3.05) is 40.4 Å². The molecule has 2 saturated heterocycles. The molecule has 1 amide bonds. The van der Waals surface area contributed by atoms with Gasteiger partial charge in [0.2, 0.25) is 5.91 Å². The first-order chi connectivity index (χ1) is 15.3. The summed E-state index contributed by atoms with van der Waals surface area (Å²) in [5, 5.41) is 7.54. The van der Waals surface area contributed by atoms with Gasteiger partial charge in [-0.1, -0.05) is 12.1 Å². The summed E-state index contributed by atoms with van der Waals surface area (Å²) in [5.41, 5.74) is 6.02. The van der Waals surface area contributed by atoms with E-state index in [1.165, 1.54) is 22.3 Å². The van der Waals surface area contributed by atoms with Crippen LogP contribution in [0, 0.1) is 13.8 Å². The molecule has 1 spiro atoms. The summed E-state index contributed by atoms with van der Waals surface area (Å²) in [7, 11) is 3.52. The summed E-state index contributed by atoms with van der Waals surface area (Å²) in [4.78, 5) is 15.9. The Labute approximate surface area is 191 Å². The van der Waals surface area contributed by atoms with Crippen LogP contribution in [0.15, 0.2) is 24.4 Å². The van der Waals surface area contributed by atoms with Gasteiger partial charge >= 0.3 is 0 Å². The number of hydrogen-bond acceptors (Lipinski definition) is 5. The number of H-pyrrole nitrogens is 1. The van der Waals surface area contributed by atoms with Gasteiger partial charge in [0.05, 0.1) is 23.6 Å². The van der Waals surface area contributed by atoms with Gasteiger partial charge in [-0.2, -0.15) is 5.10 Å². The second-order valence-electron chi connectivity index (χ2n) is 9.59. The van der Waals surface area contributed by atoms with E-state index in [2.05, 4.69) is 47.1 Å². The van der Waals surface area contributed by atoms with Crippen LogP contribution in [-0.2, 0) is 20.8 Å². The van der Waals surface area contributed by atoms with Crippen molar-refractivity contribution >= 4 is 5.91 Å². The van der Waals surface area contributed by atoms with Crippen molar-refractivity contribution in [3.05, 3.63) is 41.1 Å². The number of aromatic nitrogens is 2. The van der Waals surface area contributed by atoms with E-state index in [1.54, 1.807) is 19.0 Å². The lowest BCUT2D eigenvalue weighted by molar-refractivity contribution is -0.162. The van der Waals surface area contributed by atoms with Crippen molar-refractivity contribution in [3.8, 4) is 11.3 Å². The number of aryl methyl sites for hydroxylation is 2. The number of likely N-dealkylation sites (N-methyl/N-ethyl adjacent to an activating group) is 1. The Balaban J connectivity index is 1.33. The minimum Gasteiger partial charge on any atom is -0.375 e. The SMILES string of the molecule is Cc1ccc(-c2[nH]ncc2CN2CCC3(CC2)CC(OCC(=O)N(C)C)CCO3)cc1C. The molecule has 0 aliphatic carbocycles. The molecule has 1 aromatic carbocycles. The number of nitrogens with one attached hydrogen (secondary N) is 1. The number of piperidine rings is 1. The molecule has 7 heteroatoms. The van der Waals surface area contributed by atoms with E-state index in [1.807, 2.05) is 6.20 Å². The lowest BCUT2D eigenvalue weighted by atomic mass is 9.83. The molecule has 0 radical (unpaired) electrons. The van der Waals surface area contributed by atoms with Crippen LogP contribution < -0.4 is 0 Å². The Morgan fingerprint density at radius 1 is 1.28 bits per heavy atom. The van der Waals surface area contributed by atoms with Gasteiger partial charge in [0, 0.05) is 57.9 Å². The molecule has 1 unspecified atom stereocenters. The monoisotopic (exact) mass is 440 g/mol. The van der Waals surface area contributed by atoms with Crippen molar-refractivity contribution in [1.29, 1.82) is 0 Å². The fourth-order valence-corrected chi connectivity index (χ4v) is 4.73. The van der Waals surface area contributed by atoms with E-state index in [-0.39, 0.29) is 24.2 Å². The molecule has 2 fully saturated rings. The maximum absolute atomic E-state index is 11.9. The van der Waals surface area contributed by atoms with Gasteiger partial charge in [0.25, 0.3) is 0 Å². The van der Waals surface area contributed by atoms with Crippen molar-refractivity contribution in [1.82, 2.24) is 20.0 Å². The maximum atomic E-state index is 11.9. The highest BCUT2D eigenvalue weighted by molar-refractivity contribution is 5.76. The topological polar surface area (TPSA) is 70.7 Å². The number of benzene rings is 1. The second-order valence-corrected chi connectivity index (χ2v) is 9.59. The van der Waals surface area contributed by atoms with Gasteiger partial charge in [-0.3, -0.25) is 14.8 Å². The summed E-state index contributed by atoms with van der Waals surface area (Å²) in [6.07, 6.45) is 5.78. The predicted octanol–water partition coefficient (Wildman–Crippen LogP) is 3.31. The third-order valence-electron chi connectivity index (χ3n) is 7.06. The number of amides is 1. The summed E-state index contributed by atoms with van der Waals surface area (Å²) in [6.45, 7) is 8.01. The summed E-state index contributed by atoms with van der Waals surface area (Å²) < 4.78 is 12.2. The quantitative estimate of drug-likeness (QED) is 0.746. The van der Waals surface area contributed by atoms with Crippen LogP contribution in [0.5, 0.6) is 0 Å². The zero-order valence-electron chi connectivity index (χ0n) is 19.8. The van der Waals surface area contributed by atoms with Gasteiger partial charge in [-0.15, -0.1) is 0 Å². The highest BCUT2D eigenvalue weighted by Gasteiger charge is 2.41. The summed E-state index contributed by atoms with van der Waals surface area (Å²) in [5.74, 6) is 0.0139. The van der Waals surface area contributed by atoms with Crippen LogP contribution in [0.2, 0.25) is 0 Å². The van der Waals surface area contributed by atoms with Gasteiger partial charge in [-0.05, 0) is 50.3 Å². The molecule has 2 aliphatic rings. The van der Waals surface area contributed by atoms with E-state index in [0.29, 0.717) is 6.61 Å². The Morgan fingerprint density at radius 2 is 2.06 bits per heavy atom. The Kier molecular flexibility index (Phi) is 6.98. The number of aromatic amines is 1. The zero-order valence-corrected chi connectivity index (χ0v) is 19.8. The standard InChI is InChI=1S/C25H36N4O3/c1-18-5-6-20(13-19(18)2)24-21(15-26-27-24)16-29-10-8-25(9-11-29)14-22(7-12-32-25)31-17-23(30)28(3)4/h5-6,13,15,22H,7-12,14,16-17H2,1-4H3,(H,26,27). The molecule has 2 aromatic rings. The molecule has 1 N–H and O–H groups in total. The molecular weight excluding hydrogens is 404 g/mol. The van der Waals surface area contributed by atoms with Crippen molar-refractivity contribution in [2.45, 2.75) is 57.8 Å². The smallest absolute Gasteiger partial charge is 0.248 e. The zero-order chi connectivity index (χ0) is 22.7. The predicted molar refractivity (Wildman–Crippen MR) is 124 cm³/mol. The largest absolute Gasteiger partial charge is 0.375 e. The molecule has 3 heterocycles. The average molecular weight is 441 g/mol. The van der Waals surface area contributed by atoms with Crippen LogP contribution in [0.4, 0.5) is 0 Å². The summed E-state index contributed by atoms with van der Waals surface area (Å²) >= 11 is 0. The molecule has 32 heavy (non-hydrogen) atoms. The number of nitrogens with zero attached hydrogens (tertiary/aromatic N) is 3. The Morgan fingerprint density at radius 3 is 2.78 bits per heavy atom. The first kappa shape index (κ1) is 23.0. The maximum Gasteiger partial charge on any atom is 0.248 e. The highest BCUT2D eigenvalue weighted by Crippen LogP contribution is 2.37. The number of rotatable bonds is 6. The van der Waals surface area contributed by atoms with Gasteiger partial charge in [0.1, 0.15) is 6.61 Å². The van der Waals surface area contributed by atoms with Crippen LogP contribution in [-0.4, -0.2) is 78.0 Å².